The minimum atomic E-state index is -1.20. The van der Waals surface area contributed by atoms with Gasteiger partial charge >= 0.3 is 5.97 Å². The molecule has 1 aliphatic rings. The van der Waals surface area contributed by atoms with Crippen molar-refractivity contribution in [1.29, 1.82) is 0 Å². The number of hydrogen-bond acceptors (Lipinski definition) is 3. The molecule has 1 saturated heterocycles. The highest BCUT2D eigenvalue weighted by Crippen LogP contribution is 2.21. The normalized spacial score (nSPS) is 19.9. The van der Waals surface area contributed by atoms with Gasteiger partial charge in [0.15, 0.2) is 0 Å². The summed E-state index contributed by atoms with van der Waals surface area (Å²) in [5.41, 5.74) is -0.00311. The zero-order chi connectivity index (χ0) is 14.5. The number of benzene rings is 1. The maximum absolute atomic E-state index is 12.1. The van der Waals surface area contributed by atoms with Crippen LogP contribution in [0.2, 0.25) is 5.02 Å². The van der Waals surface area contributed by atoms with Crippen molar-refractivity contribution in [2.45, 2.75) is 36.7 Å². The van der Waals surface area contributed by atoms with Crippen LogP contribution in [0.4, 0.5) is 0 Å². The van der Waals surface area contributed by atoms with Crippen LogP contribution in [0.1, 0.15) is 36.0 Å². The van der Waals surface area contributed by atoms with Crippen molar-refractivity contribution in [3.05, 3.63) is 28.8 Å². The van der Waals surface area contributed by atoms with Gasteiger partial charge in [0.1, 0.15) is 0 Å². The number of rotatable bonds is 6. The van der Waals surface area contributed by atoms with E-state index in [2.05, 4.69) is 0 Å². The fourth-order valence-electron chi connectivity index (χ4n) is 2.24. The molecular weight excluding hydrogens is 300 g/mol. The Bertz CT molecular complexity index is 512. The molecule has 4 nitrogen and oxygen atoms in total. The molecule has 0 amide bonds. The molecule has 110 valence electrons. The van der Waals surface area contributed by atoms with Crippen LogP contribution in [0.5, 0.6) is 0 Å². The van der Waals surface area contributed by atoms with Crippen molar-refractivity contribution in [1.82, 2.24) is 0 Å². The second kappa shape index (κ2) is 7.20. The molecule has 20 heavy (non-hydrogen) atoms. The van der Waals surface area contributed by atoms with E-state index in [9.17, 15) is 9.00 Å². The van der Waals surface area contributed by atoms with Gasteiger partial charge in [0.25, 0.3) is 0 Å². The first-order valence-corrected chi connectivity index (χ1v) is 8.30. The Morgan fingerprint density at radius 2 is 2.30 bits per heavy atom. The average Bonchev–Trinajstić information content (AvgIpc) is 2.92. The molecule has 2 unspecified atom stereocenters. The maximum Gasteiger partial charge on any atom is 0.337 e. The van der Waals surface area contributed by atoms with Crippen LogP contribution < -0.4 is 0 Å². The van der Waals surface area contributed by atoms with E-state index in [0.29, 0.717) is 16.8 Å². The van der Waals surface area contributed by atoms with Gasteiger partial charge in [-0.1, -0.05) is 11.6 Å². The quantitative estimate of drug-likeness (QED) is 0.876. The summed E-state index contributed by atoms with van der Waals surface area (Å²) in [5, 5.41) is 9.16. The average molecular weight is 317 g/mol. The summed E-state index contributed by atoms with van der Waals surface area (Å²) < 4.78 is 17.7. The first-order valence-electron chi connectivity index (χ1n) is 6.61. The monoisotopic (exact) mass is 316 g/mol. The number of halogens is 1. The molecule has 0 aliphatic carbocycles. The van der Waals surface area contributed by atoms with E-state index in [-0.39, 0.29) is 10.6 Å². The molecule has 1 fully saturated rings. The molecule has 0 spiro atoms. The summed E-state index contributed by atoms with van der Waals surface area (Å²) in [6, 6.07) is 4.50. The number of hydrogen-bond donors (Lipinski definition) is 1. The predicted octanol–water partition coefficient (Wildman–Crippen LogP) is 3.11. The second-order valence-electron chi connectivity index (χ2n) is 4.77. The van der Waals surface area contributed by atoms with E-state index in [1.165, 1.54) is 12.1 Å². The van der Waals surface area contributed by atoms with Crippen LogP contribution in [-0.2, 0) is 15.5 Å². The van der Waals surface area contributed by atoms with Crippen LogP contribution in [-0.4, -0.2) is 33.7 Å². The lowest BCUT2D eigenvalue weighted by Gasteiger charge is -2.09. The molecule has 0 saturated carbocycles. The lowest BCUT2D eigenvalue weighted by molar-refractivity contribution is 0.0697. The number of carboxylic acids is 1. The van der Waals surface area contributed by atoms with Crippen LogP contribution in [0.25, 0.3) is 0 Å². The Kier molecular flexibility index (Phi) is 5.57. The minimum absolute atomic E-state index is 0.00311. The highest BCUT2D eigenvalue weighted by molar-refractivity contribution is 7.85. The summed E-state index contributed by atoms with van der Waals surface area (Å²) in [4.78, 5) is 11.5. The third kappa shape index (κ3) is 4.04. The van der Waals surface area contributed by atoms with E-state index in [1.807, 2.05) is 0 Å². The van der Waals surface area contributed by atoms with Crippen LogP contribution in [0.3, 0.4) is 0 Å². The van der Waals surface area contributed by atoms with Crippen molar-refractivity contribution >= 4 is 28.4 Å². The summed E-state index contributed by atoms with van der Waals surface area (Å²) >= 11 is 5.79. The van der Waals surface area contributed by atoms with Crippen LogP contribution in [0.15, 0.2) is 23.1 Å². The van der Waals surface area contributed by atoms with Gasteiger partial charge in [-0.3, -0.25) is 4.21 Å². The first-order chi connectivity index (χ1) is 9.58. The lowest BCUT2D eigenvalue weighted by Crippen LogP contribution is -2.08. The van der Waals surface area contributed by atoms with Crippen molar-refractivity contribution in [2.75, 3.05) is 12.4 Å². The Morgan fingerprint density at radius 3 is 2.95 bits per heavy atom. The topological polar surface area (TPSA) is 63.6 Å². The van der Waals surface area contributed by atoms with Gasteiger partial charge in [-0.05, 0) is 43.9 Å². The molecule has 0 aromatic heterocycles. The van der Waals surface area contributed by atoms with Crippen molar-refractivity contribution in [3.63, 3.8) is 0 Å². The number of aromatic carboxylic acids is 1. The molecule has 1 aromatic rings. The van der Waals surface area contributed by atoms with Crippen LogP contribution >= 0.6 is 11.6 Å². The van der Waals surface area contributed by atoms with Gasteiger partial charge in [-0.15, -0.1) is 0 Å². The van der Waals surface area contributed by atoms with E-state index in [1.54, 1.807) is 6.07 Å². The SMILES string of the molecule is O=C(O)c1cc(S(=O)CCCC2CCCO2)ccc1Cl. The summed E-state index contributed by atoms with van der Waals surface area (Å²) in [7, 11) is -1.20. The minimum Gasteiger partial charge on any atom is -0.478 e. The number of carboxylic acid groups (broad SMARTS) is 1. The Morgan fingerprint density at radius 1 is 1.50 bits per heavy atom. The lowest BCUT2D eigenvalue weighted by atomic mass is 10.1. The zero-order valence-corrected chi connectivity index (χ0v) is 12.6. The fraction of sp³-hybridized carbons (Fsp3) is 0.500. The van der Waals surface area contributed by atoms with Gasteiger partial charge in [-0.2, -0.15) is 0 Å². The molecule has 0 radical (unpaired) electrons. The smallest absolute Gasteiger partial charge is 0.337 e. The van der Waals surface area contributed by atoms with Crippen molar-refractivity contribution in [2.24, 2.45) is 0 Å². The molecule has 1 aliphatic heterocycles. The molecule has 2 rings (SSSR count). The van der Waals surface area contributed by atoms with E-state index < -0.39 is 16.8 Å². The van der Waals surface area contributed by atoms with Crippen molar-refractivity contribution in [3.8, 4) is 0 Å². The second-order valence-corrected chi connectivity index (χ2v) is 6.75. The fourth-order valence-corrected chi connectivity index (χ4v) is 3.57. The first kappa shape index (κ1) is 15.5. The van der Waals surface area contributed by atoms with Gasteiger partial charge < -0.3 is 9.84 Å². The van der Waals surface area contributed by atoms with Gasteiger partial charge in [0, 0.05) is 17.3 Å². The summed E-state index contributed by atoms with van der Waals surface area (Å²) in [5.74, 6) is -0.589. The van der Waals surface area contributed by atoms with Crippen LogP contribution in [0, 0.1) is 0 Å². The molecule has 1 heterocycles. The number of ether oxygens (including phenoxy) is 1. The molecule has 0 bridgehead atoms. The Balaban J connectivity index is 1.91. The molecule has 6 heteroatoms. The van der Waals surface area contributed by atoms with Gasteiger partial charge in [-0.25, -0.2) is 4.79 Å². The van der Waals surface area contributed by atoms with E-state index in [4.69, 9.17) is 21.4 Å². The maximum atomic E-state index is 12.1. The highest BCUT2D eigenvalue weighted by atomic mass is 35.5. The van der Waals surface area contributed by atoms with Gasteiger partial charge in [0.2, 0.25) is 0 Å². The van der Waals surface area contributed by atoms with E-state index >= 15 is 0 Å². The third-order valence-electron chi connectivity index (χ3n) is 3.31. The zero-order valence-electron chi connectivity index (χ0n) is 11.0. The summed E-state index contributed by atoms with van der Waals surface area (Å²) in [6.07, 6.45) is 4.20. The number of carbonyl (C=O) groups is 1. The van der Waals surface area contributed by atoms with Gasteiger partial charge in [0.05, 0.1) is 27.5 Å². The Labute approximate surface area is 125 Å². The Hall–Kier alpha value is -0.910. The molecule has 2 atom stereocenters. The molecule has 1 aromatic carbocycles. The van der Waals surface area contributed by atoms with Crippen molar-refractivity contribution < 1.29 is 18.8 Å². The largest absolute Gasteiger partial charge is 0.478 e. The highest BCUT2D eigenvalue weighted by Gasteiger charge is 2.16. The summed E-state index contributed by atoms with van der Waals surface area (Å²) in [6.45, 7) is 0.826. The predicted molar refractivity (Wildman–Crippen MR) is 77.9 cm³/mol. The molecule has 1 N–H and O–H groups in total. The molecular formula is C14H17ClO4S. The third-order valence-corrected chi connectivity index (χ3v) is 5.08. The van der Waals surface area contributed by atoms with E-state index in [0.717, 1.165) is 32.3 Å². The standard InChI is InChI=1S/C14H17ClO4S/c15-13-6-5-11(9-12(13)14(16)17)20(18)8-2-4-10-3-1-7-19-10/h5-6,9-10H,1-4,7-8H2,(H,16,17).